The molecule has 32 heavy (non-hydrogen) atoms. The Hall–Kier alpha value is -1.96. The smallest absolute Gasteiger partial charge is 0.232 e. The first kappa shape index (κ1) is 24.7. The highest BCUT2D eigenvalue weighted by atomic mass is 127. The molecule has 1 aliphatic rings. The minimum atomic E-state index is -3.54. The fraction of sp³-hybridized carbons (Fsp3) is 0.333. The summed E-state index contributed by atoms with van der Waals surface area (Å²) < 4.78 is 59.0. The molecular formula is C21H24F2IN3O4S. The summed E-state index contributed by atoms with van der Waals surface area (Å²) in [5.41, 5.74) is 1.42. The maximum absolute atomic E-state index is 13.7. The molecule has 0 fully saturated rings. The molecule has 2 aromatic rings. The highest BCUT2D eigenvalue weighted by Crippen LogP contribution is 2.20. The van der Waals surface area contributed by atoms with Crippen molar-refractivity contribution in [3.8, 4) is 0 Å². The molecule has 0 spiro atoms. The zero-order chi connectivity index (χ0) is 23.3. The van der Waals surface area contributed by atoms with Crippen molar-refractivity contribution in [2.45, 2.75) is 25.1 Å². The van der Waals surface area contributed by atoms with Gasteiger partial charge in [-0.15, -0.1) is 0 Å². The van der Waals surface area contributed by atoms with E-state index in [1.54, 1.807) is 4.90 Å². The van der Waals surface area contributed by atoms with E-state index >= 15 is 0 Å². The second-order valence-electron chi connectivity index (χ2n) is 7.53. The normalized spacial score (nSPS) is 15.8. The SMILES string of the molecule is CS(=O)(=O)NC1=CN([C@@H](Cc2cc(F)cc(F)c2)[C@H](O)CNCc2cccc(I)c2)CO1. The number of benzene rings is 2. The summed E-state index contributed by atoms with van der Waals surface area (Å²) in [6, 6.07) is 10.5. The molecule has 0 aromatic heterocycles. The molecule has 3 N–H and O–H groups in total. The number of sulfonamides is 1. The van der Waals surface area contributed by atoms with E-state index < -0.39 is 33.8 Å². The molecule has 2 aromatic carbocycles. The predicted molar refractivity (Wildman–Crippen MR) is 125 cm³/mol. The van der Waals surface area contributed by atoms with E-state index in [9.17, 15) is 22.3 Å². The lowest BCUT2D eigenvalue weighted by molar-refractivity contribution is 0.0391. The Kier molecular flexibility index (Phi) is 8.31. The lowest BCUT2D eigenvalue weighted by Gasteiger charge is -2.31. The summed E-state index contributed by atoms with van der Waals surface area (Å²) in [6.45, 7) is 0.712. The van der Waals surface area contributed by atoms with Crippen LogP contribution >= 0.6 is 22.6 Å². The average Bonchev–Trinajstić information content (AvgIpc) is 3.11. The third kappa shape index (κ3) is 7.57. The van der Waals surface area contributed by atoms with Crippen molar-refractivity contribution in [1.82, 2.24) is 14.9 Å². The second kappa shape index (κ2) is 10.8. The minimum absolute atomic E-state index is 0.0157. The third-order valence-corrected chi connectivity index (χ3v) is 5.99. The van der Waals surface area contributed by atoms with Crippen molar-refractivity contribution in [1.29, 1.82) is 0 Å². The van der Waals surface area contributed by atoms with E-state index in [0.29, 0.717) is 12.1 Å². The zero-order valence-electron chi connectivity index (χ0n) is 17.3. The number of aliphatic hydroxyl groups excluding tert-OH is 1. The van der Waals surface area contributed by atoms with Crippen LogP contribution in [0, 0.1) is 15.2 Å². The Morgan fingerprint density at radius 1 is 1.19 bits per heavy atom. The summed E-state index contributed by atoms with van der Waals surface area (Å²) in [6.07, 6.45) is 1.61. The largest absolute Gasteiger partial charge is 0.456 e. The maximum atomic E-state index is 13.7. The topological polar surface area (TPSA) is 90.9 Å². The molecule has 0 bridgehead atoms. The molecule has 0 unspecified atom stereocenters. The molecular weight excluding hydrogens is 555 g/mol. The predicted octanol–water partition coefficient (Wildman–Crippen LogP) is 2.27. The van der Waals surface area contributed by atoms with Crippen LogP contribution < -0.4 is 10.0 Å². The number of aliphatic hydroxyl groups is 1. The van der Waals surface area contributed by atoms with Crippen molar-refractivity contribution >= 4 is 32.6 Å². The molecule has 0 saturated heterocycles. The van der Waals surface area contributed by atoms with Crippen molar-refractivity contribution in [2.75, 3.05) is 19.5 Å². The molecule has 0 amide bonds. The van der Waals surface area contributed by atoms with E-state index in [1.807, 2.05) is 24.3 Å². The van der Waals surface area contributed by atoms with Gasteiger partial charge in [0.1, 0.15) is 11.6 Å². The van der Waals surface area contributed by atoms with Crippen LogP contribution in [0.3, 0.4) is 0 Å². The first-order valence-corrected chi connectivity index (χ1v) is 12.7. The van der Waals surface area contributed by atoms with Gasteiger partial charge in [0, 0.05) is 22.7 Å². The van der Waals surface area contributed by atoms with Crippen LogP contribution in [0.5, 0.6) is 0 Å². The van der Waals surface area contributed by atoms with Gasteiger partial charge >= 0.3 is 0 Å². The number of rotatable bonds is 10. The van der Waals surface area contributed by atoms with Crippen LogP contribution in [0.1, 0.15) is 11.1 Å². The van der Waals surface area contributed by atoms with Gasteiger partial charge in [0.2, 0.25) is 15.9 Å². The number of hydrogen-bond acceptors (Lipinski definition) is 6. The molecule has 7 nitrogen and oxygen atoms in total. The molecule has 11 heteroatoms. The molecule has 3 rings (SSSR count). The Morgan fingerprint density at radius 2 is 1.91 bits per heavy atom. The number of ether oxygens (including phenoxy) is 1. The average molecular weight is 579 g/mol. The van der Waals surface area contributed by atoms with Gasteiger partial charge in [0.05, 0.1) is 24.6 Å². The van der Waals surface area contributed by atoms with Gasteiger partial charge in [-0.1, -0.05) is 12.1 Å². The van der Waals surface area contributed by atoms with Crippen molar-refractivity contribution in [3.05, 3.63) is 80.9 Å². The van der Waals surface area contributed by atoms with Gasteiger partial charge < -0.3 is 20.1 Å². The summed E-state index contributed by atoms with van der Waals surface area (Å²) in [5.74, 6) is -1.41. The van der Waals surface area contributed by atoms with Gasteiger partial charge in [-0.05, 0) is 64.4 Å². The van der Waals surface area contributed by atoms with Gasteiger partial charge in [-0.3, -0.25) is 4.72 Å². The van der Waals surface area contributed by atoms with E-state index in [1.165, 1.54) is 18.3 Å². The lowest BCUT2D eigenvalue weighted by Crippen LogP contribution is -2.46. The van der Waals surface area contributed by atoms with E-state index in [0.717, 1.165) is 21.5 Å². The van der Waals surface area contributed by atoms with Gasteiger partial charge in [0.25, 0.3) is 0 Å². The van der Waals surface area contributed by atoms with Gasteiger partial charge in [-0.25, -0.2) is 17.2 Å². The number of nitrogens with one attached hydrogen (secondary N) is 2. The van der Waals surface area contributed by atoms with Gasteiger partial charge in [-0.2, -0.15) is 0 Å². The first-order valence-electron chi connectivity index (χ1n) is 9.75. The number of nitrogens with zero attached hydrogens (tertiary/aromatic N) is 1. The Bertz CT molecular complexity index is 1060. The molecule has 0 radical (unpaired) electrons. The Labute approximate surface area is 199 Å². The summed E-state index contributed by atoms with van der Waals surface area (Å²) in [4.78, 5) is 1.61. The zero-order valence-corrected chi connectivity index (χ0v) is 20.2. The second-order valence-corrected chi connectivity index (χ2v) is 10.5. The minimum Gasteiger partial charge on any atom is -0.456 e. The third-order valence-electron chi connectivity index (χ3n) is 4.75. The molecule has 1 heterocycles. The summed E-state index contributed by atoms with van der Waals surface area (Å²) >= 11 is 2.22. The van der Waals surface area contributed by atoms with Crippen LogP contribution in [0.25, 0.3) is 0 Å². The highest BCUT2D eigenvalue weighted by molar-refractivity contribution is 14.1. The van der Waals surface area contributed by atoms with Crippen molar-refractivity contribution < 1.29 is 27.0 Å². The van der Waals surface area contributed by atoms with E-state index in [2.05, 4.69) is 32.6 Å². The standard InChI is InChI=1S/C21H24F2IN3O4S/c1-32(29,30)26-21-12-27(13-31-21)19(8-15-5-16(22)9-17(23)6-15)20(28)11-25-10-14-3-2-4-18(24)7-14/h2-7,9,12,19-20,25-26,28H,8,10-11,13H2,1H3/t19-,20+/m0/s1. The van der Waals surface area contributed by atoms with Crippen LogP contribution in [0.4, 0.5) is 8.78 Å². The molecule has 0 saturated carbocycles. The lowest BCUT2D eigenvalue weighted by atomic mass is 9.99. The first-order chi connectivity index (χ1) is 15.1. The van der Waals surface area contributed by atoms with E-state index in [-0.39, 0.29) is 25.6 Å². The van der Waals surface area contributed by atoms with Crippen LogP contribution in [-0.2, 0) is 27.7 Å². The summed E-state index contributed by atoms with van der Waals surface area (Å²) in [7, 11) is -3.54. The van der Waals surface area contributed by atoms with Gasteiger partial charge in [0.15, 0.2) is 6.73 Å². The molecule has 1 aliphatic heterocycles. The highest BCUT2D eigenvalue weighted by Gasteiger charge is 2.29. The van der Waals surface area contributed by atoms with E-state index in [4.69, 9.17) is 4.74 Å². The quantitative estimate of drug-likeness (QED) is 0.375. The Balaban J connectivity index is 1.73. The summed E-state index contributed by atoms with van der Waals surface area (Å²) in [5, 5.41) is 14.1. The Morgan fingerprint density at radius 3 is 2.56 bits per heavy atom. The molecule has 0 aliphatic carbocycles. The monoisotopic (exact) mass is 579 g/mol. The maximum Gasteiger partial charge on any atom is 0.232 e. The van der Waals surface area contributed by atoms with Crippen LogP contribution in [0.2, 0.25) is 0 Å². The van der Waals surface area contributed by atoms with Crippen LogP contribution in [-0.4, -0.2) is 50.1 Å². The number of hydrogen-bond donors (Lipinski definition) is 3. The van der Waals surface area contributed by atoms with Crippen molar-refractivity contribution in [2.24, 2.45) is 0 Å². The fourth-order valence-electron chi connectivity index (χ4n) is 3.39. The fourth-order valence-corrected chi connectivity index (χ4v) is 4.48. The number of halogens is 3. The molecule has 2 atom stereocenters. The van der Waals surface area contributed by atoms with Crippen LogP contribution in [0.15, 0.2) is 54.5 Å². The molecule has 174 valence electrons. The van der Waals surface area contributed by atoms with Crippen molar-refractivity contribution in [3.63, 3.8) is 0 Å².